The summed E-state index contributed by atoms with van der Waals surface area (Å²) in [5.74, 6) is -1.07. The number of halogens is 2. The summed E-state index contributed by atoms with van der Waals surface area (Å²) in [7, 11) is 0. The van der Waals surface area contributed by atoms with Crippen LogP contribution in [0.5, 0.6) is 0 Å². The molecule has 0 aliphatic heterocycles. The van der Waals surface area contributed by atoms with E-state index in [-0.39, 0.29) is 0 Å². The summed E-state index contributed by atoms with van der Waals surface area (Å²) < 4.78 is 24.8. The molecule has 1 heterocycles. The van der Waals surface area contributed by atoms with Crippen LogP contribution in [0.25, 0.3) is 0 Å². The minimum atomic E-state index is -0.627. The second kappa shape index (κ2) is 2.73. The molecular formula is C7H7F2N. The van der Waals surface area contributed by atoms with E-state index in [1.807, 2.05) is 0 Å². The van der Waals surface area contributed by atoms with Crippen LogP contribution in [-0.4, -0.2) is 4.98 Å². The lowest BCUT2D eigenvalue weighted by Crippen LogP contribution is -1.91. The number of hydrogen-bond donors (Lipinski definition) is 0. The van der Waals surface area contributed by atoms with Crippen LogP contribution in [-0.2, 0) is 6.42 Å². The van der Waals surface area contributed by atoms with Gasteiger partial charge in [0.05, 0.1) is 6.20 Å². The highest BCUT2D eigenvalue weighted by Crippen LogP contribution is 2.06. The van der Waals surface area contributed by atoms with E-state index in [1.54, 1.807) is 6.92 Å². The Morgan fingerprint density at radius 1 is 1.50 bits per heavy atom. The maximum atomic E-state index is 12.5. The highest BCUT2D eigenvalue weighted by atomic mass is 19.1. The van der Waals surface area contributed by atoms with E-state index >= 15 is 0 Å². The van der Waals surface area contributed by atoms with Crippen LogP contribution < -0.4 is 0 Å². The van der Waals surface area contributed by atoms with E-state index in [0.717, 1.165) is 12.3 Å². The zero-order chi connectivity index (χ0) is 7.56. The van der Waals surface area contributed by atoms with Gasteiger partial charge in [0.25, 0.3) is 0 Å². The topological polar surface area (TPSA) is 12.9 Å². The van der Waals surface area contributed by atoms with E-state index in [9.17, 15) is 8.78 Å². The fourth-order valence-corrected chi connectivity index (χ4v) is 0.722. The lowest BCUT2D eigenvalue weighted by atomic mass is 10.2. The lowest BCUT2D eigenvalue weighted by molar-refractivity contribution is 0.550. The molecule has 0 radical (unpaired) electrons. The largest absolute Gasteiger partial charge is 0.225 e. The molecule has 0 fully saturated rings. The Hall–Kier alpha value is -0.990. The second-order valence-corrected chi connectivity index (χ2v) is 1.95. The van der Waals surface area contributed by atoms with Crippen LogP contribution in [0.15, 0.2) is 12.3 Å². The van der Waals surface area contributed by atoms with Crippen molar-refractivity contribution in [3.63, 3.8) is 0 Å². The normalized spacial score (nSPS) is 9.90. The fraction of sp³-hybridized carbons (Fsp3) is 0.286. The van der Waals surface area contributed by atoms with Gasteiger partial charge < -0.3 is 0 Å². The van der Waals surface area contributed by atoms with Crippen LogP contribution in [0.2, 0.25) is 0 Å². The standard InChI is InChI=1S/C7H7F2N/c1-2-5-3-7(9)10-4-6(5)8/h3-4H,2H2,1H3. The van der Waals surface area contributed by atoms with Gasteiger partial charge in [0.1, 0.15) is 5.82 Å². The summed E-state index contributed by atoms with van der Waals surface area (Å²) in [5.41, 5.74) is 0.368. The first-order valence-corrected chi connectivity index (χ1v) is 3.04. The summed E-state index contributed by atoms with van der Waals surface area (Å²) in [6.07, 6.45) is 1.39. The molecule has 0 aliphatic carbocycles. The summed E-state index contributed by atoms with van der Waals surface area (Å²) in [4.78, 5) is 3.15. The highest BCUT2D eigenvalue weighted by molar-refractivity contribution is 5.12. The average Bonchev–Trinajstić information content (AvgIpc) is 1.94. The molecule has 1 aromatic heterocycles. The maximum absolute atomic E-state index is 12.5. The van der Waals surface area contributed by atoms with Crippen molar-refractivity contribution in [2.24, 2.45) is 0 Å². The minimum absolute atomic E-state index is 0.368. The maximum Gasteiger partial charge on any atom is 0.213 e. The molecule has 0 N–H and O–H groups in total. The van der Waals surface area contributed by atoms with E-state index in [4.69, 9.17) is 0 Å². The van der Waals surface area contributed by atoms with Crippen LogP contribution in [0, 0.1) is 11.8 Å². The molecular weight excluding hydrogens is 136 g/mol. The van der Waals surface area contributed by atoms with Crippen molar-refractivity contribution in [3.8, 4) is 0 Å². The van der Waals surface area contributed by atoms with E-state index in [2.05, 4.69) is 4.98 Å². The molecule has 10 heavy (non-hydrogen) atoms. The van der Waals surface area contributed by atoms with Gasteiger partial charge in [0.2, 0.25) is 5.95 Å². The van der Waals surface area contributed by atoms with Crippen molar-refractivity contribution in [2.75, 3.05) is 0 Å². The zero-order valence-electron chi connectivity index (χ0n) is 5.56. The average molecular weight is 143 g/mol. The number of rotatable bonds is 1. The van der Waals surface area contributed by atoms with Crippen molar-refractivity contribution < 1.29 is 8.78 Å². The van der Waals surface area contributed by atoms with E-state index < -0.39 is 11.8 Å². The van der Waals surface area contributed by atoms with Crippen LogP contribution in [0.4, 0.5) is 8.78 Å². The van der Waals surface area contributed by atoms with Crippen LogP contribution in [0.3, 0.4) is 0 Å². The highest BCUT2D eigenvalue weighted by Gasteiger charge is 2.00. The number of nitrogens with zero attached hydrogens (tertiary/aromatic N) is 1. The fourth-order valence-electron chi connectivity index (χ4n) is 0.722. The van der Waals surface area contributed by atoms with Crippen LogP contribution in [0.1, 0.15) is 12.5 Å². The minimum Gasteiger partial charge on any atom is -0.225 e. The summed E-state index contributed by atoms with van der Waals surface area (Å²) in [5, 5.41) is 0. The van der Waals surface area contributed by atoms with Gasteiger partial charge in [-0.05, 0) is 18.1 Å². The van der Waals surface area contributed by atoms with Gasteiger partial charge in [-0.1, -0.05) is 6.92 Å². The first-order valence-electron chi connectivity index (χ1n) is 3.04. The Balaban J connectivity index is 3.09. The Bertz CT molecular complexity index is 235. The molecule has 54 valence electrons. The van der Waals surface area contributed by atoms with Gasteiger partial charge in [-0.2, -0.15) is 4.39 Å². The smallest absolute Gasteiger partial charge is 0.213 e. The molecule has 0 amide bonds. The molecule has 1 aromatic rings. The SMILES string of the molecule is CCc1cc(F)ncc1F. The molecule has 0 bridgehead atoms. The molecule has 0 atom stereocenters. The number of pyridine rings is 1. The zero-order valence-corrected chi connectivity index (χ0v) is 5.56. The predicted octanol–water partition coefficient (Wildman–Crippen LogP) is 1.92. The third-order valence-corrected chi connectivity index (χ3v) is 1.28. The second-order valence-electron chi connectivity index (χ2n) is 1.95. The number of hydrogen-bond acceptors (Lipinski definition) is 1. The Kier molecular flexibility index (Phi) is 1.94. The third kappa shape index (κ3) is 1.29. The Morgan fingerprint density at radius 3 is 2.70 bits per heavy atom. The molecule has 3 heteroatoms. The Morgan fingerprint density at radius 2 is 2.20 bits per heavy atom. The molecule has 0 aliphatic rings. The summed E-state index contributed by atoms with van der Waals surface area (Å²) >= 11 is 0. The molecule has 0 saturated carbocycles. The van der Waals surface area contributed by atoms with Gasteiger partial charge >= 0.3 is 0 Å². The quantitative estimate of drug-likeness (QED) is 0.547. The first-order chi connectivity index (χ1) is 4.74. The van der Waals surface area contributed by atoms with E-state index in [1.165, 1.54) is 0 Å². The van der Waals surface area contributed by atoms with Gasteiger partial charge in [0.15, 0.2) is 0 Å². The van der Waals surface area contributed by atoms with Crippen molar-refractivity contribution in [1.82, 2.24) is 4.98 Å². The molecule has 0 saturated heterocycles. The lowest BCUT2D eigenvalue weighted by Gasteiger charge is -1.96. The van der Waals surface area contributed by atoms with Crippen molar-refractivity contribution in [1.29, 1.82) is 0 Å². The summed E-state index contributed by atoms with van der Waals surface area (Å²) in [6.45, 7) is 1.76. The molecule has 0 aromatic carbocycles. The van der Waals surface area contributed by atoms with Gasteiger partial charge in [-0.25, -0.2) is 9.37 Å². The number of aryl methyl sites for hydroxylation is 1. The number of aromatic nitrogens is 1. The first kappa shape index (κ1) is 7.12. The Labute approximate surface area is 57.7 Å². The van der Waals surface area contributed by atoms with Crippen molar-refractivity contribution in [2.45, 2.75) is 13.3 Å². The summed E-state index contributed by atoms with van der Waals surface area (Å²) in [6, 6.07) is 1.11. The monoisotopic (exact) mass is 143 g/mol. The van der Waals surface area contributed by atoms with Crippen LogP contribution >= 0.6 is 0 Å². The molecule has 1 rings (SSSR count). The molecule has 1 nitrogen and oxygen atoms in total. The molecule has 0 spiro atoms. The third-order valence-electron chi connectivity index (χ3n) is 1.28. The van der Waals surface area contributed by atoms with Gasteiger partial charge in [-0.3, -0.25) is 0 Å². The predicted molar refractivity (Wildman–Crippen MR) is 33.5 cm³/mol. The van der Waals surface area contributed by atoms with E-state index in [0.29, 0.717) is 12.0 Å². The van der Waals surface area contributed by atoms with Gasteiger partial charge in [-0.15, -0.1) is 0 Å². The van der Waals surface area contributed by atoms with Crippen molar-refractivity contribution in [3.05, 3.63) is 29.6 Å². The van der Waals surface area contributed by atoms with Gasteiger partial charge in [0, 0.05) is 0 Å². The molecule has 0 unspecified atom stereocenters. The van der Waals surface area contributed by atoms with Crippen molar-refractivity contribution >= 4 is 0 Å².